The summed E-state index contributed by atoms with van der Waals surface area (Å²) in [4.78, 5) is 11.8. The normalized spacial score (nSPS) is 11.2. The molecule has 1 aromatic carbocycles. The molecule has 0 aliphatic carbocycles. The number of amides is 2. The first-order valence-corrected chi connectivity index (χ1v) is 6.24. The van der Waals surface area contributed by atoms with E-state index >= 15 is 0 Å². The van der Waals surface area contributed by atoms with Crippen LogP contribution < -0.4 is 10.6 Å². The fourth-order valence-corrected chi connectivity index (χ4v) is 1.70. The number of ether oxygens (including phenoxy) is 1. The van der Waals surface area contributed by atoms with Crippen LogP contribution in [0, 0.1) is 0 Å². The van der Waals surface area contributed by atoms with Crippen LogP contribution in [-0.2, 0) is 11.3 Å². The van der Waals surface area contributed by atoms with Crippen LogP contribution in [0.15, 0.2) is 18.2 Å². The van der Waals surface area contributed by atoms with Crippen LogP contribution in [0.2, 0.25) is 5.02 Å². The summed E-state index contributed by atoms with van der Waals surface area (Å²) >= 11 is 6.06. The summed E-state index contributed by atoms with van der Waals surface area (Å²) in [6.07, 6.45) is 0. The number of halogens is 1. The average molecular weight is 287 g/mol. The standard InChI is InChI=1S/C13H19ClN2O3/c1-13(2,8-17)16-12(18)15-11-6-4-5-10(14)9(11)7-19-3/h4-6,17H,7-8H2,1-3H3,(H2,15,16,18). The largest absolute Gasteiger partial charge is 0.394 e. The minimum absolute atomic E-state index is 0.152. The molecule has 0 heterocycles. The molecule has 0 unspecified atom stereocenters. The number of urea groups is 1. The highest BCUT2D eigenvalue weighted by Crippen LogP contribution is 2.25. The zero-order valence-corrected chi connectivity index (χ0v) is 12.0. The molecule has 0 aromatic heterocycles. The third kappa shape index (κ3) is 4.70. The second kappa shape index (κ2) is 6.75. The molecular weight excluding hydrogens is 268 g/mol. The highest BCUT2D eigenvalue weighted by atomic mass is 35.5. The Balaban J connectivity index is 2.82. The van der Waals surface area contributed by atoms with Gasteiger partial charge in [0.1, 0.15) is 0 Å². The lowest BCUT2D eigenvalue weighted by molar-refractivity contribution is 0.184. The quantitative estimate of drug-likeness (QED) is 0.778. The molecule has 6 heteroatoms. The molecular formula is C13H19ClN2O3. The molecule has 0 radical (unpaired) electrons. The minimum Gasteiger partial charge on any atom is -0.394 e. The van der Waals surface area contributed by atoms with Crippen LogP contribution in [0.5, 0.6) is 0 Å². The van der Waals surface area contributed by atoms with Crippen molar-refractivity contribution in [3.05, 3.63) is 28.8 Å². The predicted octanol–water partition coefficient (Wildman–Crippen LogP) is 2.38. The number of rotatable bonds is 5. The molecule has 0 aliphatic rings. The highest BCUT2D eigenvalue weighted by Gasteiger charge is 2.19. The summed E-state index contributed by atoms with van der Waals surface area (Å²) in [5, 5.41) is 15.0. The lowest BCUT2D eigenvalue weighted by atomic mass is 10.1. The second-order valence-electron chi connectivity index (χ2n) is 4.82. The molecule has 0 bridgehead atoms. The highest BCUT2D eigenvalue weighted by molar-refractivity contribution is 6.31. The summed E-state index contributed by atoms with van der Waals surface area (Å²) in [5.74, 6) is 0. The van der Waals surface area contributed by atoms with Gasteiger partial charge < -0.3 is 20.5 Å². The van der Waals surface area contributed by atoms with Gasteiger partial charge in [0.15, 0.2) is 0 Å². The van der Waals surface area contributed by atoms with E-state index in [2.05, 4.69) is 10.6 Å². The van der Waals surface area contributed by atoms with Crippen molar-refractivity contribution in [2.45, 2.75) is 26.0 Å². The van der Waals surface area contributed by atoms with Gasteiger partial charge in [0.2, 0.25) is 0 Å². The monoisotopic (exact) mass is 286 g/mol. The van der Waals surface area contributed by atoms with Crippen LogP contribution in [0.1, 0.15) is 19.4 Å². The molecule has 19 heavy (non-hydrogen) atoms. The Kier molecular flexibility index (Phi) is 5.60. The molecule has 0 aliphatic heterocycles. The Bertz CT molecular complexity index is 450. The van der Waals surface area contributed by atoms with Crippen LogP contribution >= 0.6 is 11.6 Å². The van der Waals surface area contributed by atoms with Gasteiger partial charge in [-0.1, -0.05) is 17.7 Å². The molecule has 5 nitrogen and oxygen atoms in total. The number of aliphatic hydroxyl groups is 1. The van der Waals surface area contributed by atoms with Crippen molar-refractivity contribution >= 4 is 23.3 Å². The zero-order chi connectivity index (χ0) is 14.5. The van der Waals surface area contributed by atoms with Gasteiger partial charge in [0, 0.05) is 23.4 Å². The molecule has 0 saturated carbocycles. The molecule has 106 valence electrons. The maximum Gasteiger partial charge on any atom is 0.319 e. The first-order valence-electron chi connectivity index (χ1n) is 5.86. The third-order valence-electron chi connectivity index (χ3n) is 2.50. The van der Waals surface area contributed by atoms with E-state index in [1.807, 2.05) is 0 Å². The van der Waals surface area contributed by atoms with E-state index in [-0.39, 0.29) is 6.61 Å². The topological polar surface area (TPSA) is 70.6 Å². The zero-order valence-electron chi connectivity index (χ0n) is 11.3. The lowest BCUT2D eigenvalue weighted by Crippen LogP contribution is -2.48. The van der Waals surface area contributed by atoms with Crippen molar-refractivity contribution in [1.29, 1.82) is 0 Å². The summed E-state index contributed by atoms with van der Waals surface area (Å²) in [6.45, 7) is 3.60. The Morgan fingerprint density at radius 3 is 2.74 bits per heavy atom. The van der Waals surface area contributed by atoms with Crippen molar-refractivity contribution < 1.29 is 14.6 Å². The van der Waals surface area contributed by atoms with Crippen LogP contribution in [0.25, 0.3) is 0 Å². The van der Waals surface area contributed by atoms with Gasteiger partial charge in [-0.3, -0.25) is 0 Å². The molecule has 2 amide bonds. The van der Waals surface area contributed by atoms with Crippen LogP contribution in [0.3, 0.4) is 0 Å². The first-order chi connectivity index (χ1) is 8.89. The van der Waals surface area contributed by atoms with Gasteiger partial charge in [0.25, 0.3) is 0 Å². The van der Waals surface area contributed by atoms with E-state index in [4.69, 9.17) is 21.4 Å². The number of carbonyl (C=O) groups is 1. The minimum atomic E-state index is -0.690. The molecule has 1 aromatic rings. The maximum atomic E-state index is 11.8. The fourth-order valence-electron chi connectivity index (χ4n) is 1.47. The summed E-state index contributed by atoms with van der Waals surface area (Å²) < 4.78 is 5.06. The molecule has 3 N–H and O–H groups in total. The van der Waals surface area contributed by atoms with Crippen LogP contribution in [0.4, 0.5) is 10.5 Å². The van der Waals surface area contributed by atoms with Crippen molar-refractivity contribution in [3.63, 3.8) is 0 Å². The number of benzene rings is 1. The van der Waals surface area contributed by atoms with Crippen molar-refractivity contribution in [1.82, 2.24) is 5.32 Å². The van der Waals surface area contributed by atoms with E-state index in [1.165, 1.54) is 0 Å². The van der Waals surface area contributed by atoms with Crippen LogP contribution in [-0.4, -0.2) is 30.4 Å². The first kappa shape index (κ1) is 15.8. The van der Waals surface area contributed by atoms with E-state index in [9.17, 15) is 4.79 Å². The lowest BCUT2D eigenvalue weighted by Gasteiger charge is -2.24. The molecule has 0 spiro atoms. The molecule has 0 fully saturated rings. The number of anilines is 1. The number of methoxy groups -OCH3 is 1. The predicted molar refractivity (Wildman–Crippen MR) is 75.5 cm³/mol. The van der Waals surface area contributed by atoms with Gasteiger partial charge in [-0.25, -0.2) is 4.79 Å². The Morgan fingerprint density at radius 2 is 2.16 bits per heavy atom. The number of hydrogen-bond donors (Lipinski definition) is 3. The van der Waals surface area contributed by atoms with Crippen molar-refractivity contribution in [3.8, 4) is 0 Å². The number of nitrogens with one attached hydrogen (secondary N) is 2. The van der Waals surface area contributed by atoms with Gasteiger partial charge in [-0.05, 0) is 26.0 Å². The van der Waals surface area contributed by atoms with Gasteiger partial charge in [-0.15, -0.1) is 0 Å². The fraction of sp³-hybridized carbons (Fsp3) is 0.462. The number of aliphatic hydroxyl groups excluding tert-OH is 1. The third-order valence-corrected chi connectivity index (χ3v) is 2.86. The average Bonchev–Trinajstić information content (AvgIpc) is 2.33. The second-order valence-corrected chi connectivity index (χ2v) is 5.23. The molecule has 0 saturated heterocycles. The number of hydrogen-bond acceptors (Lipinski definition) is 3. The van der Waals surface area contributed by atoms with Gasteiger partial charge >= 0.3 is 6.03 Å². The van der Waals surface area contributed by atoms with Crippen molar-refractivity contribution in [2.24, 2.45) is 0 Å². The Hall–Kier alpha value is -1.30. The SMILES string of the molecule is COCc1c(Cl)cccc1NC(=O)NC(C)(C)CO. The maximum absolute atomic E-state index is 11.8. The Morgan fingerprint density at radius 1 is 1.47 bits per heavy atom. The van der Waals surface area contributed by atoms with Crippen molar-refractivity contribution in [2.75, 3.05) is 19.0 Å². The van der Waals surface area contributed by atoms with E-state index in [0.717, 1.165) is 0 Å². The van der Waals surface area contributed by atoms with E-state index in [1.54, 1.807) is 39.2 Å². The smallest absolute Gasteiger partial charge is 0.319 e. The molecule has 0 atom stereocenters. The summed E-state index contributed by atoms with van der Waals surface area (Å²) in [7, 11) is 1.56. The van der Waals surface area contributed by atoms with Gasteiger partial charge in [0.05, 0.1) is 18.8 Å². The molecule has 1 rings (SSSR count). The van der Waals surface area contributed by atoms with E-state index < -0.39 is 11.6 Å². The Labute approximate surface area is 117 Å². The summed E-state index contributed by atoms with van der Waals surface area (Å²) in [5.41, 5.74) is 0.605. The van der Waals surface area contributed by atoms with Gasteiger partial charge in [-0.2, -0.15) is 0 Å². The number of carbonyl (C=O) groups excluding carboxylic acids is 1. The summed E-state index contributed by atoms with van der Waals surface area (Å²) in [6, 6.07) is 4.81. The van der Waals surface area contributed by atoms with E-state index in [0.29, 0.717) is 22.9 Å².